The van der Waals surface area contributed by atoms with Crippen LogP contribution >= 0.6 is 0 Å². The van der Waals surface area contributed by atoms with Crippen molar-refractivity contribution in [1.29, 1.82) is 0 Å². The maximum atomic E-state index is 13.3. The van der Waals surface area contributed by atoms with E-state index in [4.69, 9.17) is 0 Å². The summed E-state index contributed by atoms with van der Waals surface area (Å²) in [7, 11) is 1.75. The largest absolute Gasteiger partial charge is 0.347 e. The van der Waals surface area contributed by atoms with Crippen LogP contribution in [0.5, 0.6) is 0 Å². The minimum absolute atomic E-state index is 0.112. The number of unbranched alkanes of at least 4 members (excludes halogenated alkanes) is 1. The van der Waals surface area contributed by atoms with Crippen molar-refractivity contribution >= 4 is 17.7 Å². The van der Waals surface area contributed by atoms with Gasteiger partial charge < -0.3 is 15.5 Å². The molecule has 1 aliphatic carbocycles. The van der Waals surface area contributed by atoms with Crippen molar-refractivity contribution in [3.63, 3.8) is 0 Å². The molecule has 0 aliphatic heterocycles. The Hall–Kier alpha value is -2.51. The SMILES string of the molecule is CCCCN(C)C(=O)[C@H](CC1CCCCC1)NC(=O)CNC(=O)Cc1cc(F)cc(F)c1. The van der Waals surface area contributed by atoms with Crippen molar-refractivity contribution in [2.24, 2.45) is 5.92 Å². The van der Waals surface area contributed by atoms with Crippen LogP contribution in [0, 0.1) is 17.6 Å². The van der Waals surface area contributed by atoms with E-state index in [1.807, 2.05) is 0 Å². The second-order valence-electron chi connectivity index (χ2n) is 8.70. The third-order valence-corrected chi connectivity index (χ3v) is 5.88. The van der Waals surface area contributed by atoms with Gasteiger partial charge in [-0.2, -0.15) is 0 Å². The number of carbonyl (C=O) groups is 3. The Kier molecular flexibility index (Phi) is 10.6. The minimum Gasteiger partial charge on any atom is -0.347 e. The average molecular weight is 452 g/mol. The van der Waals surface area contributed by atoms with Crippen molar-refractivity contribution in [3.8, 4) is 0 Å². The van der Waals surface area contributed by atoms with Crippen LogP contribution in [0.3, 0.4) is 0 Å². The fourth-order valence-electron chi connectivity index (χ4n) is 4.13. The fourth-order valence-corrected chi connectivity index (χ4v) is 4.13. The second kappa shape index (κ2) is 13.1. The summed E-state index contributed by atoms with van der Waals surface area (Å²) >= 11 is 0. The lowest BCUT2D eigenvalue weighted by molar-refractivity contribution is -0.136. The monoisotopic (exact) mass is 451 g/mol. The molecular weight excluding hydrogens is 416 g/mol. The number of amides is 3. The van der Waals surface area contributed by atoms with Crippen molar-refractivity contribution < 1.29 is 23.2 Å². The molecule has 0 bridgehead atoms. The number of benzene rings is 1. The molecule has 0 saturated heterocycles. The van der Waals surface area contributed by atoms with Gasteiger partial charge in [0.1, 0.15) is 17.7 Å². The first kappa shape index (κ1) is 25.7. The predicted octanol–water partition coefficient (Wildman–Crippen LogP) is 3.34. The molecule has 1 fully saturated rings. The van der Waals surface area contributed by atoms with Gasteiger partial charge in [0.05, 0.1) is 13.0 Å². The molecule has 32 heavy (non-hydrogen) atoms. The third-order valence-electron chi connectivity index (χ3n) is 5.88. The summed E-state index contributed by atoms with van der Waals surface area (Å²) in [6, 6.07) is 2.26. The Morgan fingerprint density at radius 1 is 1.06 bits per heavy atom. The van der Waals surface area contributed by atoms with Crippen LogP contribution in [-0.4, -0.2) is 48.8 Å². The summed E-state index contributed by atoms with van der Waals surface area (Å²) in [4.78, 5) is 39.2. The molecule has 8 heteroatoms. The normalized spacial score (nSPS) is 15.1. The van der Waals surface area contributed by atoms with Gasteiger partial charge in [-0.3, -0.25) is 14.4 Å². The molecule has 1 saturated carbocycles. The number of nitrogens with zero attached hydrogens (tertiary/aromatic N) is 1. The maximum Gasteiger partial charge on any atom is 0.244 e. The summed E-state index contributed by atoms with van der Waals surface area (Å²) in [5.74, 6) is -2.22. The number of hydrogen-bond acceptors (Lipinski definition) is 3. The van der Waals surface area contributed by atoms with Gasteiger partial charge >= 0.3 is 0 Å². The molecule has 0 radical (unpaired) electrons. The van der Waals surface area contributed by atoms with Crippen LogP contribution in [0.15, 0.2) is 18.2 Å². The van der Waals surface area contributed by atoms with E-state index in [9.17, 15) is 23.2 Å². The highest BCUT2D eigenvalue weighted by atomic mass is 19.1. The van der Waals surface area contributed by atoms with Gasteiger partial charge in [-0.15, -0.1) is 0 Å². The molecule has 1 atom stereocenters. The number of hydrogen-bond donors (Lipinski definition) is 2. The van der Waals surface area contributed by atoms with Crippen molar-refractivity contribution in [2.45, 2.75) is 70.8 Å². The molecule has 1 aromatic rings. The Balaban J connectivity index is 1.90. The standard InChI is InChI=1S/C24H35F2N3O3/c1-3-4-10-29(2)24(32)21(13-17-8-6-5-7-9-17)28-23(31)16-27-22(30)14-18-11-19(25)15-20(26)12-18/h11-12,15,17,21H,3-10,13-14,16H2,1-2H3,(H,27,30)(H,28,31)/t21-/m0/s1. The zero-order chi connectivity index (χ0) is 23.5. The molecule has 3 amide bonds. The van der Waals surface area contributed by atoms with E-state index in [1.165, 1.54) is 6.42 Å². The lowest BCUT2D eigenvalue weighted by Gasteiger charge is -2.29. The second-order valence-corrected chi connectivity index (χ2v) is 8.70. The van der Waals surface area contributed by atoms with Gasteiger partial charge in [0.25, 0.3) is 0 Å². The molecule has 0 heterocycles. The number of carbonyl (C=O) groups excluding carboxylic acids is 3. The first-order valence-corrected chi connectivity index (χ1v) is 11.5. The van der Waals surface area contributed by atoms with Crippen molar-refractivity contribution in [3.05, 3.63) is 35.4 Å². The summed E-state index contributed by atoms with van der Waals surface area (Å²) in [6.45, 7) is 2.39. The molecule has 6 nitrogen and oxygen atoms in total. The van der Waals surface area contributed by atoms with Crippen LogP contribution in [0.2, 0.25) is 0 Å². The molecule has 178 valence electrons. The summed E-state index contributed by atoms with van der Waals surface area (Å²) in [6.07, 6.45) is 7.81. The van der Waals surface area contributed by atoms with Crippen molar-refractivity contribution in [1.82, 2.24) is 15.5 Å². The van der Waals surface area contributed by atoms with E-state index in [1.54, 1.807) is 11.9 Å². The first-order valence-electron chi connectivity index (χ1n) is 11.5. The highest BCUT2D eigenvalue weighted by Crippen LogP contribution is 2.27. The topological polar surface area (TPSA) is 78.5 Å². The minimum atomic E-state index is -0.762. The summed E-state index contributed by atoms with van der Waals surface area (Å²) in [5, 5.41) is 5.25. The van der Waals surface area contributed by atoms with E-state index >= 15 is 0 Å². The quantitative estimate of drug-likeness (QED) is 0.542. The van der Waals surface area contributed by atoms with Crippen LogP contribution in [0.4, 0.5) is 8.78 Å². The molecule has 0 unspecified atom stereocenters. The summed E-state index contributed by atoms with van der Waals surface area (Å²) in [5.41, 5.74) is 0.184. The van der Waals surface area contributed by atoms with Gasteiger partial charge in [-0.25, -0.2) is 8.78 Å². The van der Waals surface area contributed by atoms with E-state index in [0.29, 0.717) is 18.9 Å². The van der Waals surface area contributed by atoms with Gasteiger partial charge in [-0.1, -0.05) is 45.4 Å². The highest BCUT2D eigenvalue weighted by Gasteiger charge is 2.28. The predicted molar refractivity (Wildman–Crippen MR) is 119 cm³/mol. The van der Waals surface area contributed by atoms with Crippen molar-refractivity contribution in [2.75, 3.05) is 20.1 Å². The van der Waals surface area contributed by atoms with Crippen LogP contribution < -0.4 is 10.6 Å². The van der Waals surface area contributed by atoms with E-state index in [2.05, 4.69) is 17.6 Å². The van der Waals surface area contributed by atoms with Crippen LogP contribution in [-0.2, 0) is 20.8 Å². The number of nitrogens with one attached hydrogen (secondary N) is 2. The Morgan fingerprint density at radius 2 is 1.72 bits per heavy atom. The Bertz CT molecular complexity index is 762. The lowest BCUT2D eigenvalue weighted by Crippen LogP contribution is -2.51. The lowest BCUT2D eigenvalue weighted by atomic mass is 9.84. The molecule has 1 aliphatic rings. The van der Waals surface area contributed by atoms with Crippen LogP contribution in [0.1, 0.15) is 63.9 Å². The number of likely N-dealkylation sites (N-methyl/N-ethyl adjacent to an activating group) is 1. The Labute approximate surface area is 189 Å². The van der Waals surface area contributed by atoms with E-state index in [0.717, 1.165) is 56.7 Å². The molecule has 2 rings (SSSR count). The molecule has 1 aromatic carbocycles. The molecular formula is C24H35F2N3O3. The molecule has 2 N–H and O–H groups in total. The van der Waals surface area contributed by atoms with Crippen LogP contribution in [0.25, 0.3) is 0 Å². The van der Waals surface area contributed by atoms with Gasteiger partial charge in [-0.05, 0) is 36.5 Å². The zero-order valence-corrected chi connectivity index (χ0v) is 19.1. The average Bonchev–Trinajstić information content (AvgIpc) is 2.75. The molecule has 0 spiro atoms. The summed E-state index contributed by atoms with van der Waals surface area (Å²) < 4.78 is 26.6. The zero-order valence-electron chi connectivity index (χ0n) is 19.1. The number of rotatable bonds is 11. The Morgan fingerprint density at radius 3 is 2.34 bits per heavy atom. The third kappa shape index (κ3) is 8.93. The maximum absolute atomic E-state index is 13.3. The smallest absolute Gasteiger partial charge is 0.244 e. The fraction of sp³-hybridized carbons (Fsp3) is 0.625. The first-order chi connectivity index (χ1) is 15.3. The van der Waals surface area contributed by atoms with E-state index in [-0.39, 0.29) is 24.4 Å². The van der Waals surface area contributed by atoms with Gasteiger partial charge in [0.2, 0.25) is 17.7 Å². The highest BCUT2D eigenvalue weighted by molar-refractivity contribution is 5.90. The van der Waals surface area contributed by atoms with E-state index < -0.39 is 29.5 Å². The molecule has 0 aromatic heterocycles. The van der Waals surface area contributed by atoms with Gasteiger partial charge in [0, 0.05) is 19.7 Å². The number of halogens is 2. The van der Waals surface area contributed by atoms with Gasteiger partial charge in [0.15, 0.2) is 0 Å².